The zero-order valence-electron chi connectivity index (χ0n) is 16.5. The lowest BCUT2D eigenvalue weighted by atomic mass is 9.95. The third-order valence-corrected chi connectivity index (χ3v) is 5.55. The Bertz CT molecular complexity index is 947. The molecule has 3 rings (SSSR count). The molecule has 4 N–H and O–H groups in total. The molecule has 0 spiro atoms. The van der Waals surface area contributed by atoms with Gasteiger partial charge in [0.05, 0.1) is 33.5 Å². The first-order chi connectivity index (χ1) is 14.3. The normalized spacial score (nSPS) is 15.5. The van der Waals surface area contributed by atoms with Gasteiger partial charge in [-0.05, 0) is 31.9 Å². The second kappa shape index (κ2) is 9.59. The third-order valence-electron chi connectivity index (χ3n) is 4.92. The van der Waals surface area contributed by atoms with Gasteiger partial charge in [-0.1, -0.05) is 48.5 Å². The maximum atomic E-state index is 12.9. The van der Waals surface area contributed by atoms with Crippen LogP contribution in [0.1, 0.15) is 64.7 Å². The van der Waals surface area contributed by atoms with Crippen LogP contribution in [-0.2, 0) is 0 Å². The molecule has 2 aromatic rings. The maximum Gasteiger partial charge on any atom is 0.274 e. The van der Waals surface area contributed by atoms with Gasteiger partial charge in [-0.25, -0.2) is 4.68 Å². The number of halogens is 2. The predicted molar refractivity (Wildman–Crippen MR) is 115 cm³/mol. The van der Waals surface area contributed by atoms with E-state index in [1.807, 2.05) is 0 Å². The van der Waals surface area contributed by atoms with Gasteiger partial charge in [-0.2, -0.15) is 5.10 Å². The number of nitrogens with two attached hydrogens (primary N) is 1. The molecule has 0 bridgehead atoms. The molecule has 1 aliphatic rings. The minimum atomic E-state index is -0.833. The van der Waals surface area contributed by atoms with Gasteiger partial charge in [-0.3, -0.25) is 14.4 Å². The fourth-order valence-electron chi connectivity index (χ4n) is 3.35. The average Bonchev–Trinajstić information content (AvgIpc) is 3.11. The van der Waals surface area contributed by atoms with E-state index in [0.29, 0.717) is 0 Å². The number of aromatic nitrogens is 2. The van der Waals surface area contributed by atoms with Crippen LogP contribution in [0, 0.1) is 0 Å². The summed E-state index contributed by atoms with van der Waals surface area (Å²) in [7, 11) is 0. The predicted octanol–water partition coefficient (Wildman–Crippen LogP) is 3.49. The van der Waals surface area contributed by atoms with Crippen LogP contribution in [0.15, 0.2) is 24.4 Å². The van der Waals surface area contributed by atoms with Crippen LogP contribution >= 0.6 is 23.2 Å². The summed E-state index contributed by atoms with van der Waals surface area (Å²) in [4.78, 5) is 37.9. The SMILES string of the molecule is C[C@@H](N)C(=O)n1cc(NC(=O)c2c(Cl)cccc2Cl)c(C(=O)NC2CCCCC2)n1. The number of benzene rings is 1. The molecule has 1 aromatic carbocycles. The van der Waals surface area contributed by atoms with Crippen LogP contribution in [0.4, 0.5) is 5.69 Å². The van der Waals surface area contributed by atoms with Gasteiger partial charge < -0.3 is 16.4 Å². The summed E-state index contributed by atoms with van der Waals surface area (Å²) in [6.45, 7) is 1.51. The zero-order chi connectivity index (χ0) is 21.8. The van der Waals surface area contributed by atoms with Gasteiger partial charge in [0.15, 0.2) is 5.69 Å². The van der Waals surface area contributed by atoms with E-state index >= 15 is 0 Å². The summed E-state index contributed by atoms with van der Waals surface area (Å²) in [5, 5.41) is 9.93. The number of carbonyl (C=O) groups is 3. The average molecular weight is 452 g/mol. The van der Waals surface area contributed by atoms with Crippen molar-refractivity contribution in [3.8, 4) is 0 Å². The molecule has 30 heavy (non-hydrogen) atoms. The van der Waals surface area contributed by atoms with Crippen LogP contribution in [-0.4, -0.2) is 39.6 Å². The van der Waals surface area contributed by atoms with Gasteiger partial charge >= 0.3 is 0 Å². The van der Waals surface area contributed by atoms with E-state index in [9.17, 15) is 14.4 Å². The Hall–Kier alpha value is -2.42. The largest absolute Gasteiger partial charge is 0.348 e. The van der Waals surface area contributed by atoms with E-state index in [0.717, 1.165) is 36.8 Å². The minimum Gasteiger partial charge on any atom is -0.348 e. The number of rotatable bonds is 5. The Balaban J connectivity index is 1.90. The minimum absolute atomic E-state index is 0.0297. The number of anilines is 1. The molecule has 2 amide bonds. The van der Waals surface area contributed by atoms with Gasteiger partial charge in [0.1, 0.15) is 0 Å². The first kappa shape index (κ1) is 22.3. The van der Waals surface area contributed by atoms with Crippen molar-refractivity contribution in [1.29, 1.82) is 0 Å². The Morgan fingerprint density at radius 2 is 1.77 bits per heavy atom. The molecule has 160 valence electrons. The van der Waals surface area contributed by atoms with E-state index in [-0.39, 0.29) is 33.0 Å². The number of hydrogen-bond donors (Lipinski definition) is 3. The number of hydrogen-bond acceptors (Lipinski definition) is 5. The van der Waals surface area contributed by atoms with Crippen LogP contribution in [0.25, 0.3) is 0 Å². The summed E-state index contributed by atoms with van der Waals surface area (Å²) in [6.07, 6.45) is 6.24. The molecule has 1 fully saturated rings. The van der Waals surface area contributed by atoms with Crippen molar-refractivity contribution in [3.63, 3.8) is 0 Å². The molecule has 1 atom stereocenters. The van der Waals surface area contributed by atoms with Crippen molar-refractivity contribution in [1.82, 2.24) is 15.1 Å². The second-order valence-electron chi connectivity index (χ2n) is 7.32. The number of nitrogens with one attached hydrogen (secondary N) is 2. The molecule has 1 heterocycles. The van der Waals surface area contributed by atoms with Crippen molar-refractivity contribution in [2.75, 3.05) is 5.32 Å². The van der Waals surface area contributed by atoms with E-state index in [1.165, 1.54) is 25.3 Å². The molecule has 0 unspecified atom stereocenters. The smallest absolute Gasteiger partial charge is 0.274 e. The summed E-state index contributed by atoms with van der Waals surface area (Å²) >= 11 is 12.2. The van der Waals surface area contributed by atoms with Crippen LogP contribution in [0.5, 0.6) is 0 Å². The van der Waals surface area contributed by atoms with E-state index < -0.39 is 23.8 Å². The Morgan fingerprint density at radius 3 is 2.37 bits per heavy atom. The Kier molecular flexibility index (Phi) is 7.12. The lowest BCUT2D eigenvalue weighted by Gasteiger charge is -2.22. The zero-order valence-corrected chi connectivity index (χ0v) is 18.0. The van der Waals surface area contributed by atoms with Crippen molar-refractivity contribution in [3.05, 3.63) is 45.7 Å². The summed E-state index contributed by atoms with van der Waals surface area (Å²) < 4.78 is 0.963. The lowest BCUT2D eigenvalue weighted by Crippen LogP contribution is -2.37. The number of nitrogens with zero attached hydrogens (tertiary/aromatic N) is 2. The number of carbonyl (C=O) groups excluding carboxylic acids is 3. The molecule has 0 saturated heterocycles. The fraction of sp³-hybridized carbons (Fsp3) is 0.400. The quantitative estimate of drug-likeness (QED) is 0.642. The van der Waals surface area contributed by atoms with Gasteiger partial charge in [0.2, 0.25) is 0 Å². The summed E-state index contributed by atoms with van der Waals surface area (Å²) in [5.74, 6) is -1.61. The van der Waals surface area contributed by atoms with Crippen LogP contribution in [0.3, 0.4) is 0 Å². The Labute approximate surface area is 184 Å². The highest BCUT2D eigenvalue weighted by molar-refractivity contribution is 6.40. The van der Waals surface area contributed by atoms with Crippen molar-refractivity contribution in [2.45, 2.75) is 51.1 Å². The maximum absolute atomic E-state index is 12.9. The van der Waals surface area contributed by atoms with Crippen molar-refractivity contribution < 1.29 is 14.4 Å². The molecular formula is C20H23Cl2N5O3. The Morgan fingerprint density at radius 1 is 1.13 bits per heavy atom. The summed E-state index contributed by atoms with van der Waals surface area (Å²) in [6, 6.07) is 3.87. The number of amides is 2. The highest BCUT2D eigenvalue weighted by atomic mass is 35.5. The lowest BCUT2D eigenvalue weighted by molar-refractivity contribution is 0.0867. The van der Waals surface area contributed by atoms with Gasteiger partial charge in [-0.15, -0.1) is 0 Å². The molecular weight excluding hydrogens is 429 g/mol. The third kappa shape index (κ3) is 5.00. The van der Waals surface area contributed by atoms with E-state index in [1.54, 1.807) is 6.07 Å². The molecule has 1 aromatic heterocycles. The van der Waals surface area contributed by atoms with Crippen LogP contribution in [0.2, 0.25) is 10.0 Å². The van der Waals surface area contributed by atoms with Gasteiger partial charge in [0, 0.05) is 6.04 Å². The molecule has 0 aliphatic heterocycles. The first-order valence-corrected chi connectivity index (χ1v) is 10.5. The first-order valence-electron chi connectivity index (χ1n) is 9.73. The van der Waals surface area contributed by atoms with Crippen molar-refractivity contribution in [2.24, 2.45) is 5.73 Å². The van der Waals surface area contributed by atoms with Crippen LogP contribution < -0.4 is 16.4 Å². The second-order valence-corrected chi connectivity index (χ2v) is 8.14. The van der Waals surface area contributed by atoms with E-state index in [2.05, 4.69) is 15.7 Å². The fourth-order valence-corrected chi connectivity index (χ4v) is 3.92. The van der Waals surface area contributed by atoms with Gasteiger partial charge in [0.25, 0.3) is 17.7 Å². The highest BCUT2D eigenvalue weighted by Crippen LogP contribution is 2.26. The standard InChI is InChI=1S/C20H23Cl2N5O3/c1-11(23)20(30)27-10-15(25-18(28)16-13(21)8-5-9-14(16)22)17(26-27)19(29)24-12-6-3-2-4-7-12/h5,8-12H,2-4,6-7,23H2,1H3,(H,24,29)(H,25,28)/t11-/m1/s1. The summed E-state index contributed by atoms with van der Waals surface area (Å²) in [5.41, 5.74) is 5.70. The molecule has 1 saturated carbocycles. The molecule has 1 aliphatic carbocycles. The molecule has 8 nitrogen and oxygen atoms in total. The molecule has 10 heteroatoms. The highest BCUT2D eigenvalue weighted by Gasteiger charge is 2.26. The monoisotopic (exact) mass is 451 g/mol. The molecule has 0 radical (unpaired) electrons. The van der Waals surface area contributed by atoms with E-state index in [4.69, 9.17) is 28.9 Å². The van der Waals surface area contributed by atoms with Crippen molar-refractivity contribution >= 4 is 46.6 Å². The topological polar surface area (TPSA) is 119 Å².